The van der Waals surface area contributed by atoms with Gasteiger partial charge < -0.3 is 10.2 Å². The number of hydrogen-bond acceptors (Lipinski definition) is 1. The van der Waals surface area contributed by atoms with E-state index in [1.165, 1.54) is 25.7 Å². The normalized spacial score (nSPS) is 29.2. The molecular formula is C10H18Cl2N2O. The minimum Gasteiger partial charge on any atom is -0.333 e. The lowest BCUT2D eigenvalue weighted by molar-refractivity contribution is 0.215. The van der Waals surface area contributed by atoms with E-state index in [0.29, 0.717) is 6.04 Å². The Balaban J connectivity index is 0.000000562. The SMILES string of the molecule is Cl.Cl.O=C1NC(C2CC2)CN1CC1CC1. The van der Waals surface area contributed by atoms with E-state index in [-0.39, 0.29) is 30.8 Å². The van der Waals surface area contributed by atoms with Crippen molar-refractivity contribution >= 4 is 30.8 Å². The number of nitrogens with one attached hydrogen (secondary N) is 1. The van der Waals surface area contributed by atoms with Crippen molar-refractivity contribution < 1.29 is 4.79 Å². The van der Waals surface area contributed by atoms with Crippen LogP contribution in [0.5, 0.6) is 0 Å². The first-order chi connectivity index (χ1) is 6.33. The number of carbonyl (C=O) groups is 1. The largest absolute Gasteiger partial charge is 0.333 e. The lowest BCUT2D eigenvalue weighted by atomic mass is 10.2. The van der Waals surface area contributed by atoms with E-state index in [0.717, 1.165) is 24.9 Å². The molecule has 2 amide bonds. The van der Waals surface area contributed by atoms with E-state index < -0.39 is 0 Å². The van der Waals surface area contributed by atoms with E-state index in [1.807, 2.05) is 4.90 Å². The molecule has 0 aromatic rings. The average Bonchev–Trinajstić information content (AvgIpc) is 2.97. The van der Waals surface area contributed by atoms with Crippen LogP contribution in [-0.2, 0) is 0 Å². The molecule has 0 aromatic heterocycles. The van der Waals surface area contributed by atoms with Gasteiger partial charge in [0, 0.05) is 13.1 Å². The smallest absolute Gasteiger partial charge is 0.317 e. The zero-order valence-electron chi connectivity index (χ0n) is 8.65. The van der Waals surface area contributed by atoms with Crippen molar-refractivity contribution in [2.24, 2.45) is 11.8 Å². The van der Waals surface area contributed by atoms with Crippen molar-refractivity contribution in [3.05, 3.63) is 0 Å². The number of amides is 2. The summed E-state index contributed by atoms with van der Waals surface area (Å²) in [5, 5.41) is 3.09. The van der Waals surface area contributed by atoms with Crippen LogP contribution in [0.4, 0.5) is 4.79 Å². The molecule has 2 aliphatic carbocycles. The van der Waals surface area contributed by atoms with Crippen LogP contribution in [0.1, 0.15) is 25.7 Å². The third-order valence-electron chi connectivity index (χ3n) is 3.38. The Kier molecular flexibility index (Phi) is 4.13. The second kappa shape index (κ2) is 4.79. The summed E-state index contributed by atoms with van der Waals surface area (Å²) in [4.78, 5) is 13.5. The third-order valence-corrected chi connectivity index (χ3v) is 3.38. The molecule has 1 heterocycles. The van der Waals surface area contributed by atoms with Gasteiger partial charge in [0.05, 0.1) is 6.04 Å². The monoisotopic (exact) mass is 252 g/mol. The Morgan fingerprint density at radius 2 is 1.87 bits per heavy atom. The van der Waals surface area contributed by atoms with Crippen LogP contribution in [0.25, 0.3) is 0 Å². The van der Waals surface area contributed by atoms with Crippen LogP contribution < -0.4 is 5.32 Å². The molecule has 5 heteroatoms. The Morgan fingerprint density at radius 1 is 1.20 bits per heavy atom. The number of rotatable bonds is 3. The number of urea groups is 1. The fourth-order valence-electron chi connectivity index (χ4n) is 2.15. The van der Waals surface area contributed by atoms with Gasteiger partial charge in [-0.15, -0.1) is 24.8 Å². The maximum atomic E-state index is 11.5. The zero-order valence-corrected chi connectivity index (χ0v) is 10.3. The van der Waals surface area contributed by atoms with Crippen LogP contribution in [0.15, 0.2) is 0 Å². The summed E-state index contributed by atoms with van der Waals surface area (Å²) in [7, 11) is 0. The highest BCUT2D eigenvalue weighted by Crippen LogP contribution is 2.36. The van der Waals surface area contributed by atoms with Crippen LogP contribution in [0, 0.1) is 11.8 Å². The van der Waals surface area contributed by atoms with E-state index in [4.69, 9.17) is 0 Å². The number of nitrogens with zero attached hydrogens (tertiary/aromatic N) is 1. The highest BCUT2D eigenvalue weighted by atomic mass is 35.5. The second-order valence-corrected chi connectivity index (χ2v) is 4.74. The van der Waals surface area contributed by atoms with Crippen molar-refractivity contribution in [1.82, 2.24) is 10.2 Å². The average molecular weight is 253 g/mol. The summed E-state index contributed by atoms with van der Waals surface area (Å²) in [5.41, 5.74) is 0. The van der Waals surface area contributed by atoms with Crippen molar-refractivity contribution in [3.8, 4) is 0 Å². The maximum absolute atomic E-state index is 11.5. The summed E-state index contributed by atoms with van der Waals surface area (Å²) in [6.07, 6.45) is 5.31. The number of carbonyl (C=O) groups excluding carboxylic acids is 1. The molecule has 1 atom stereocenters. The molecule has 2 saturated carbocycles. The van der Waals surface area contributed by atoms with Gasteiger partial charge in [-0.3, -0.25) is 0 Å². The molecule has 0 radical (unpaired) electrons. The molecule has 3 aliphatic rings. The summed E-state index contributed by atoms with van der Waals surface area (Å²) in [5.74, 6) is 1.62. The standard InChI is InChI=1S/C10H16N2O.2ClH/c13-10-11-9(8-3-4-8)6-12(10)5-7-1-2-7;;/h7-9H,1-6H2,(H,11,13);2*1H. The van der Waals surface area contributed by atoms with E-state index >= 15 is 0 Å². The van der Waals surface area contributed by atoms with Crippen LogP contribution >= 0.6 is 24.8 Å². The Hall–Kier alpha value is -0.150. The third kappa shape index (κ3) is 2.91. The lowest BCUT2D eigenvalue weighted by Gasteiger charge is -2.13. The molecule has 15 heavy (non-hydrogen) atoms. The fraction of sp³-hybridized carbons (Fsp3) is 0.900. The van der Waals surface area contributed by atoms with Gasteiger partial charge >= 0.3 is 6.03 Å². The molecule has 88 valence electrons. The van der Waals surface area contributed by atoms with Gasteiger partial charge in [-0.25, -0.2) is 4.79 Å². The van der Waals surface area contributed by atoms with Gasteiger partial charge in [0.25, 0.3) is 0 Å². The first kappa shape index (κ1) is 12.9. The van der Waals surface area contributed by atoms with Crippen LogP contribution in [0.3, 0.4) is 0 Å². The first-order valence-electron chi connectivity index (χ1n) is 5.38. The Labute approximate surface area is 103 Å². The van der Waals surface area contributed by atoms with E-state index in [9.17, 15) is 4.79 Å². The molecule has 1 aliphatic heterocycles. The molecule has 1 saturated heterocycles. The molecule has 0 aromatic carbocycles. The van der Waals surface area contributed by atoms with E-state index in [1.54, 1.807) is 0 Å². The van der Waals surface area contributed by atoms with Gasteiger partial charge in [-0.2, -0.15) is 0 Å². The number of halogens is 2. The summed E-state index contributed by atoms with van der Waals surface area (Å²) in [6.45, 7) is 1.98. The van der Waals surface area contributed by atoms with Crippen molar-refractivity contribution in [1.29, 1.82) is 0 Å². The van der Waals surface area contributed by atoms with Crippen LogP contribution in [-0.4, -0.2) is 30.1 Å². The summed E-state index contributed by atoms with van der Waals surface area (Å²) in [6, 6.07) is 0.662. The minimum absolute atomic E-state index is 0. The fourth-order valence-corrected chi connectivity index (χ4v) is 2.15. The molecular weight excluding hydrogens is 235 g/mol. The molecule has 0 bridgehead atoms. The Bertz CT molecular complexity index is 242. The molecule has 1 unspecified atom stereocenters. The molecule has 3 nitrogen and oxygen atoms in total. The molecule has 3 fully saturated rings. The maximum Gasteiger partial charge on any atom is 0.317 e. The topological polar surface area (TPSA) is 32.3 Å². The van der Waals surface area contributed by atoms with Crippen LogP contribution in [0.2, 0.25) is 0 Å². The lowest BCUT2D eigenvalue weighted by Crippen LogP contribution is -2.30. The quantitative estimate of drug-likeness (QED) is 0.820. The minimum atomic E-state index is 0. The highest BCUT2D eigenvalue weighted by molar-refractivity contribution is 5.85. The van der Waals surface area contributed by atoms with Gasteiger partial charge in [0.2, 0.25) is 0 Å². The Morgan fingerprint density at radius 3 is 2.40 bits per heavy atom. The zero-order chi connectivity index (χ0) is 8.84. The van der Waals surface area contributed by atoms with Crippen molar-refractivity contribution in [2.75, 3.05) is 13.1 Å². The van der Waals surface area contributed by atoms with Gasteiger partial charge in [-0.05, 0) is 37.5 Å². The van der Waals surface area contributed by atoms with E-state index in [2.05, 4.69) is 5.32 Å². The molecule has 0 spiro atoms. The predicted molar refractivity (Wildman–Crippen MR) is 63.8 cm³/mol. The summed E-state index contributed by atoms with van der Waals surface area (Å²) < 4.78 is 0. The summed E-state index contributed by atoms with van der Waals surface area (Å²) >= 11 is 0. The predicted octanol–water partition coefficient (Wildman–Crippen LogP) is 2.04. The molecule has 3 rings (SSSR count). The van der Waals surface area contributed by atoms with Gasteiger partial charge in [0.15, 0.2) is 0 Å². The second-order valence-electron chi connectivity index (χ2n) is 4.74. The van der Waals surface area contributed by atoms with Crippen molar-refractivity contribution in [2.45, 2.75) is 31.7 Å². The van der Waals surface area contributed by atoms with Crippen molar-refractivity contribution in [3.63, 3.8) is 0 Å². The molecule has 1 N–H and O–H groups in total. The van der Waals surface area contributed by atoms with Gasteiger partial charge in [-0.1, -0.05) is 0 Å². The highest BCUT2D eigenvalue weighted by Gasteiger charge is 2.40. The number of hydrogen-bond donors (Lipinski definition) is 1. The van der Waals surface area contributed by atoms with Gasteiger partial charge in [0.1, 0.15) is 0 Å². The first-order valence-corrected chi connectivity index (χ1v) is 5.38.